The fourth-order valence-corrected chi connectivity index (χ4v) is 3.69. The molecule has 2 amide bonds. The van der Waals surface area contributed by atoms with E-state index < -0.39 is 22.5 Å². The molecule has 10 heteroatoms. The first-order valence-corrected chi connectivity index (χ1v) is 11.4. The number of ketones is 1. The Morgan fingerprint density at radius 1 is 0.969 bits per heavy atom. The van der Waals surface area contributed by atoms with E-state index in [-0.39, 0.29) is 27.9 Å². The van der Waals surface area contributed by atoms with Crippen LogP contribution >= 0.6 is 0 Å². The van der Waals surface area contributed by atoms with Crippen molar-refractivity contribution < 1.29 is 27.5 Å². The van der Waals surface area contributed by atoms with Crippen LogP contribution in [0.15, 0.2) is 47.4 Å². The van der Waals surface area contributed by atoms with Gasteiger partial charge in [0.05, 0.1) is 10.5 Å². The summed E-state index contributed by atoms with van der Waals surface area (Å²) in [6.07, 6.45) is 1.07. The Labute approximate surface area is 187 Å². The number of ether oxygens (including phenoxy) is 1. The number of Topliss-reactive ketones (excluding diaryl/α,β-unsaturated/α-hetero) is 1. The van der Waals surface area contributed by atoms with E-state index in [1.54, 1.807) is 12.1 Å². The molecule has 2 aromatic rings. The lowest BCUT2D eigenvalue weighted by molar-refractivity contribution is -0.118. The van der Waals surface area contributed by atoms with Crippen molar-refractivity contribution in [3.8, 4) is 5.75 Å². The molecule has 0 heterocycles. The van der Waals surface area contributed by atoms with Crippen LogP contribution in [0.1, 0.15) is 37.0 Å². The smallest absolute Gasteiger partial charge is 0.262 e. The summed E-state index contributed by atoms with van der Waals surface area (Å²) in [5.74, 6) is -0.772. The van der Waals surface area contributed by atoms with E-state index in [1.807, 2.05) is 6.92 Å². The fraction of sp³-hybridized carbons (Fsp3) is 0.318. The SMILES string of the molecule is CCCC(=O)Nc1ccc(OCC(=O)Nc2cccc(S(=O)(=O)N(C)C)c2)c(C(C)=O)c1. The van der Waals surface area contributed by atoms with E-state index in [4.69, 9.17) is 4.74 Å². The maximum atomic E-state index is 12.3. The van der Waals surface area contributed by atoms with Crippen molar-refractivity contribution in [2.24, 2.45) is 0 Å². The van der Waals surface area contributed by atoms with E-state index in [0.717, 1.165) is 4.31 Å². The Kier molecular flexibility index (Phi) is 8.50. The molecule has 2 N–H and O–H groups in total. The van der Waals surface area contributed by atoms with E-state index in [9.17, 15) is 22.8 Å². The zero-order chi connectivity index (χ0) is 23.9. The molecule has 0 atom stereocenters. The van der Waals surface area contributed by atoms with Gasteiger partial charge in [-0.1, -0.05) is 13.0 Å². The van der Waals surface area contributed by atoms with Gasteiger partial charge in [-0.3, -0.25) is 14.4 Å². The molecule has 0 unspecified atom stereocenters. The van der Waals surface area contributed by atoms with Crippen LogP contribution in [0.3, 0.4) is 0 Å². The number of nitrogens with one attached hydrogen (secondary N) is 2. The van der Waals surface area contributed by atoms with E-state index in [2.05, 4.69) is 10.6 Å². The highest BCUT2D eigenvalue weighted by Crippen LogP contribution is 2.24. The highest BCUT2D eigenvalue weighted by Gasteiger charge is 2.18. The highest BCUT2D eigenvalue weighted by atomic mass is 32.2. The Morgan fingerprint density at radius 2 is 1.62 bits per heavy atom. The second kappa shape index (κ2) is 10.9. The minimum absolute atomic E-state index is 0.0424. The van der Waals surface area contributed by atoms with Gasteiger partial charge in [-0.15, -0.1) is 0 Å². The number of amides is 2. The van der Waals surface area contributed by atoms with E-state index in [1.165, 1.54) is 51.4 Å². The maximum Gasteiger partial charge on any atom is 0.262 e. The maximum absolute atomic E-state index is 12.3. The van der Waals surface area contributed by atoms with Crippen LogP contribution in [0, 0.1) is 0 Å². The van der Waals surface area contributed by atoms with Crippen LogP contribution in [-0.2, 0) is 19.6 Å². The number of carbonyl (C=O) groups excluding carboxylic acids is 3. The summed E-state index contributed by atoms with van der Waals surface area (Å²) in [7, 11) is -0.802. The molecular weight excluding hydrogens is 434 g/mol. The van der Waals surface area contributed by atoms with Crippen LogP contribution in [0.25, 0.3) is 0 Å². The Morgan fingerprint density at radius 3 is 2.25 bits per heavy atom. The van der Waals surface area contributed by atoms with Crippen molar-refractivity contribution in [2.75, 3.05) is 31.3 Å². The van der Waals surface area contributed by atoms with Crippen molar-refractivity contribution in [3.05, 3.63) is 48.0 Å². The first-order valence-electron chi connectivity index (χ1n) is 9.94. The van der Waals surface area contributed by atoms with Gasteiger partial charge >= 0.3 is 0 Å². The van der Waals surface area contributed by atoms with Gasteiger partial charge in [-0.25, -0.2) is 12.7 Å². The molecule has 0 aliphatic heterocycles. The monoisotopic (exact) mass is 461 g/mol. The fourth-order valence-electron chi connectivity index (χ4n) is 2.74. The normalized spacial score (nSPS) is 11.2. The van der Waals surface area contributed by atoms with Crippen LogP contribution in [0.2, 0.25) is 0 Å². The van der Waals surface area contributed by atoms with Crippen molar-refractivity contribution in [1.82, 2.24) is 4.31 Å². The topological polar surface area (TPSA) is 122 Å². The molecule has 0 saturated heterocycles. The van der Waals surface area contributed by atoms with Crippen LogP contribution in [0.5, 0.6) is 5.75 Å². The predicted molar refractivity (Wildman–Crippen MR) is 121 cm³/mol. The van der Waals surface area contributed by atoms with Gasteiger partial charge in [-0.05, 0) is 49.7 Å². The van der Waals surface area contributed by atoms with Gasteiger partial charge < -0.3 is 15.4 Å². The molecule has 0 aliphatic carbocycles. The third kappa shape index (κ3) is 6.63. The number of anilines is 2. The zero-order valence-electron chi connectivity index (χ0n) is 18.5. The van der Waals surface area contributed by atoms with Crippen molar-refractivity contribution >= 4 is 39.0 Å². The van der Waals surface area contributed by atoms with Gasteiger partial charge in [0.15, 0.2) is 12.4 Å². The minimum atomic E-state index is -3.64. The summed E-state index contributed by atoms with van der Waals surface area (Å²) in [6.45, 7) is 2.85. The van der Waals surface area contributed by atoms with Gasteiger partial charge in [0.25, 0.3) is 5.91 Å². The molecule has 0 spiro atoms. The first-order chi connectivity index (χ1) is 15.0. The quantitative estimate of drug-likeness (QED) is 0.525. The summed E-state index contributed by atoms with van der Waals surface area (Å²) >= 11 is 0. The molecule has 0 radical (unpaired) electrons. The standard InChI is InChI=1S/C22H27N3O6S/c1-5-7-21(27)23-17-10-11-20(19(13-17)15(2)26)31-14-22(28)24-16-8-6-9-18(12-16)32(29,30)25(3)4/h6,8-13H,5,7,14H2,1-4H3,(H,23,27)(H,24,28). The molecule has 0 aromatic heterocycles. The largest absolute Gasteiger partial charge is 0.483 e. The van der Waals surface area contributed by atoms with Gasteiger partial charge in [0.2, 0.25) is 15.9 Å². The van der Waals surface area contributed by atoms with Crippen molar-refractivity contribution in [1.29, 1.82) is 0 Å². The van der Waals surface area contributed by atoms with Crippen LogP contribution in [-0.4, -0.2) is 51.0 Å². The Hall–Kier alpha value is -3.24. The third-order valence-corrected chi connectivity index (χ3v) is 6.19. The lowest BCUT2D eigenvalue weighted by Crippen LogP contribution is -2.23. The lowest BCUT2D eigenvalue weighted by Gasteiger charge is -2.14. The molecule has 0 fully saturated rings. The summed E-state index contributed by atoms with van der Waals surface area (Å²) in [4.78, 5) is 36.1. The van der Waals surface area contributed by atoms with Gasteiger partial charge in [0.1, 0.15) is 5.75 Å². The summed E-state index contributed by atoms with van der Waals surface area (Å²) in [6, 6.07) is 10.5. The predicted octanol–water partition coefficient (Wildman–Crippen LogP) is 2.90. The molecule has 172 valence electrons. The molecule has 0 saturated carbocycles. The average Bonchev–Trinajstić information content (AvgIpc) is 2.72. The lowest BCUT2D eigenvalue weighted by atomic mass is 10.1. The summed E-state index contributed by atoms with van der Waals surface area (Å²) in [5.41, 5.74) is 0.984. The van der Waals surface area contributed by atoms with Crippen LogP contribution in [0.4, 0.5) is 11.4 Å². The highest BCUT2D eigenvalue weighted by molar-refractivity contribution is 7.89. The molecule has 32 heavy (non-hydrogen) atoms. The molecule has 0 bridgehead atoms. The van der Waals surface area contributed by atoms with E-state index >= 15 is 0 Å². The number of carbonyl (C=O) groups is 3. The molecule has 0 aliphatic rings. The van der Waals surface area contributed by atoms with Crippen LogP contribution < -0.4 is 15.4 Å². The van der Waals surface area contributed by atoms with E-state index in [0.29, 0.717) is 24.2 Å². The zero-order valence-corrected chi connectivity index (χ0v) is 19.3. The van der Waals surface area contributed by atoms with Gasteiger partial charge in [-0.2, -0.15) is 0 Å². The molecule has 2 rings (SSSR count). The number of benzene rings is 2. The molecular formula is C22H27N3O6S. The average molecular weight is 462 g/mol. The molecule has 9 nitrogen and oxygen atoms in total. The van der Waals surface area contributed by atoms with Crippen molar-refractivity contribution in [2.45, 2.75) is 31.6 Å². The number of sulfonamides is 1. The van der Waals surface area contributed by atoms with Gasteiger partial charge in [0, 0.05) is 31.9 Å². The second-order valence-electron chi connectivity index (χ2n) is 7.22. The third-order valence-electron chi connectivity index (χ3n) is 4.37. The minimum Gasteiger partial charge on any atom is -0.483 e. The summed E-state index contributed by atoms with van der Waals surface area (Å²) in [5, 5.41) is 5.28. The number of hydrogen-bond acceptors (Lipinski definition) is 6. The molecule has 2 aromatic carbocycles. The number of hydrogen-bond donors (Lipinski definition) is 2. The first kappa shape index (κ1) is 25.0. The Balaban J connectivity index is 2.08. The number of rotatable bonds is 10. The number of nitrogens with zero attached hydrogens (tertiary/aromatic N) is 1. The second-order valence-corrected chi connectivity index (χ2v) is 9.37. The Bertz CT molecular complexity index is 1110. The summed E-state index contributed by atoms with van der Waals surface area (Å²) < 4.78 is 31.1. The van der Waals surface area contributed by atoms with Crippen molar-refractivity contribution in [3.63, 3.8) is 0 Å².